The quantitative estimate of drug-likeness (QED) is 0.694. The first-order valence-electron chi connectivity index (χ1n) is 12.2. The molecule has 0 spiro atoms. The highest BCUT2D eigenvalue weighted by molar-refractivity contribution is 6.30. The van der Waals surface area contributed by atoms with Crippen LogP contribution in [0.2, 0.25) is 5.02 Å². The van der Waals surface area contributed by atoms with Crippen molar-refractivity contribution >= 4 is 17.5 Å². The molecule has 3 aliphatic heterocycles. The predicted octanol–water partition coefficient (Wildman–Crippen LogP) is 2.48. The molecular weight excluding hydrogens is 438 g/mol. The van der Waals surface area contributed by atoms with Gasteiger partial charge in [-0.05, 0) is 49.4 Å². The van der Waals surface area contributed by atoms with Crippen LogP contribution in [-0.2, 0) is 11.2 Å². The van der Waals surface area contributed by atoms with Crippen LogP contribution in [0.3, 0.4) is 0 Å². The molecule has 2 aromatic rings. The van der Waals surface area contributed by atoms with Gasteiger partial charge in [-0.1, -0.05) is 23.7 Å². The largest absolute Gasteiger partial charge is 0.392 e. The molecule has 3 aliphatic rings. The van der Waals surface area contributed by atoms with Crippen molar-refractivity contribution in [1.29, 1.82) is 0 Å². The summed E-state index contributed by atoms with van der Waals surface area (Å²) < 4.78 is 6.37. The van der Waals surface area contributed by atoms with Gasteiger partial charge in [0, 0.05) is 68.8 Å². The average molecular weight is 472 g/mol. The van der Waals surface area contributed by atoms with Gasteiger partial charge in [0.25, 0.3) is 0 Å². The Bertz CT molecular complexity index is 878. The number of likely N-dealkylation sites (tertiary alicyclic amines) is 1. The van der Waals surface area contributed by atoms with Crippen molar-refractivity contribution in [3.8, 4) is 0 Å². The zero-order chi connectivity index (χ0) is 22.6. The average Bonchev–Trinajstić information content (AvgIpc) is 3.26. The van der Waals surface area contributed by atoms with E-state index in [2.05, 4.69) is 36.8 Å². The number of hydrogen-bond acceptors (Lipinski definition) is 7. The van der Waals surface area contributed by atoms with Crippen LogP contribution in [-0.4, -0.2) is 95.0 Å². The Labute approximate surface area is 201 Å². The Kier molecular flexibility index (Phi) is 7.43. The number of ether oxygens (including phenoxy) is 1. The Hall–Kier alpha value is -1.77. The number of aromatic nitrogens is 2. The lowest BCUT2D eigenvalue weighted by Gasteiger charge is -2.47. The van der Waals surface area contributed by atoms with Crippen LogP contribution in [0, 0.1) is 0 Å². The minimum absolute atomic E-state index is 0.187. The molecule has 0 amide bonds. The first-order valence-corrected chi connectivity index (χ1v) is 12.6. The highest BCUT2D eigenvalue weighted by Crippen LogP contribution is 2.27. The first-order chi connectivity index (χ1) is 16.1. The predicted molar refractivity (Wildman–Crippen MR) is 130 cm³/mol. The van der Waals surface area contributed by atoms with Gasteiger partial charge >= 0.3 is 0 Å². The normalized spacial score (nSPS) is 27.8. The molecule has 178 valence electrons. The fourth-order valence-electron chi connectivity index (χ4n) is 5.52. The second kappa shape index (κ2) is 10.7. The van der Waals surface area contributed by atoms with E-state index in [4.69, 9.17) is 16.3 Å². The van der Waals surface area contributed by atoms with Crippen molar-refractivity contribution in [3.63, 3.8) is 0 Å². The molecule has 3 saturated heterocycles. The standard InChI is InChI=1S/C25H34ClN5O2/c26-20-4-2-19(3-5-20)14-22-18-33-24(16-29-11-8-23(32)15-29)17-31(22)21-6-12-30(13-7-21)25-27-9-1-10-28-25/h1-5,9-10,21-24,32H,6-8,11-18H2/t22?,23-,24+/m1/s1. The zero-order valence-electron chi connectivity index (χ0n) is 19.1. The number of β-amino-alcohol motifs (C(OH)–C–C–N with tert-alkyl or cyclic N) is 1. The van der Waals surface area contributed by atoms with Crippen molar-refractivity contribution in [1.82, 2.24) is 19.8 Å². The number of piperidine rings is 1. The van der Waals surface area contributed by atoms with Gasteiger partial charge in [-0.25, -0.2) is 9.97 Å². The lowest BCUT2D eigenvalue weighted by atomic mass is 9.96. The van der Waals surface area contributed by atoms with Gasteiger partial charge in [-0.15, -0.1) is 0 Å². The SMILES string of the molecule is O[C@@H]1CCN(C[C@H]2CN(C3CCN(c4ncccn4)CC3)C(Cc3ccc(Cl)cc3)CO2)C1. The van der Waals surface area contributed by atoms with Gasteiger partial charge in [0.05, 0.1) is 18.8 Å². The van der Waals surface area contributed by atoms with Gasteiger partial charge < -0.3 is 14.7 Å². The summed E-state index contributed by atoms with van der Waals surface area (Å²) in [7, 11) is 0. The van der Waals surface area contributed by atoms with Gasteiger partial charge in [-0.2, -0.15) is 0 Å². The van der Waals surface area contributed by atoms with E-state index in [0.717, 1.165) is 82.5 Å². The van der Waals surface area contributed by atoms with Crippen molar-refractivity contribution in [2.75, 3.05) is 50.8 Å². The van der Waals surface area contributed by atoms with E-state index in [1.54, 1.807) is 0 Å². The molecule has 0 aliphatic carbocycles. The van der Waals surface area contributed by atoms with E-state index in [0.29, 0.717) is 12.1 Å². The fraction of sp³-hybridized carbons (Fsp3) is 0.600. The maximum atomic E-state index is 9.91. The van der Waals surface area contributed by atoms with Gasteiger partial charge in [0.1, 0.15) is 0 Å². The molecule has 0 radical (unpaired) electrons. The molecule has 4 heterocycles. The van der Waals surface area contributed by atoms with E-state index in [-0.39, 0.29) is 12.2 Å². The summed E-state index contributed by atoms with van der Waals surface area (Å²) in [4.78, 5) is 16.2. The van der Waals surface area contributed by atoms with Crippen LogP contribution < -0.4 is 4.90 Å². The van der Waals surface area contributed by atoms with Gasteiger partial charge in [0.15, 0.2) is 0 Å². The monoisotopic (exact) mass is 471 g/mol. The van der Waals surface area contributed by atoms with E-state index in [9.17, 15) is 5.11 Å². The van der Waals surface area contributed by atoms with E-state index < -0.39 is 0 Å². The van der Waals surface area contributed by atoms with Crippen LogP contribution in [0.5, 0.6) is 0 Å². The lowest BCUT2D eigenvalue weighted by molar-refractivity contribution is -0.0901. The molecule has 7 nitrogen and oxygen atoms in total. The lowest BCUT2D eigenvalue weighted by Crippen LogP contribution is -2.58. The van der Waals surface area contributed by atoms with Crippen molar-refractivity contribution in [2.45, 2.75) is 50.0 Å². The van der Waals surface area contributed by atoms with Crippen LogP contribution in [0.15, 0.2) is 42.7 Å². The first kappa shape index (κ1) is 23.0. The third kappa shape index (κ3) is 5.84. The molecule has 0 bridgehead atoms. The van der Waals surface area contributed by atoms with Crippen LogP contribution >= 0.6 is 11.6 Å². The highest BCUT2D eigenvalue weighted by Gasteiger charge is 2.37. The summed E-state index contributed by atoms with van der Waals surface area (Å²) in [6, 6.07) is 11.0. The minimum Gasteiger partial charge on any atom is -0.392 e. The van der Waals surface area contributed by atoms with Gasteiger partial charge in [0.2, 0.25) is 5.95 Å². The Morgan fingerprint density at radius 2 is 1.76 bits per heavy atom. The van der Waals surface area contributed by atoms with Gasteiger partial charge in [-0.3, -0.25) is 9.80 Å². The summed E-state index contributed by atoms with van der Waals surface area (Å²) in [5, 5.41) is 10.7. The summed E-state index contributed by atoms with van der Waals surface area (Å²) in [5.74, 6) is 0.834. The highest BCUT2D eigenvalue weighted by atomic mass is 35.5. The smallest absolute Gasteiger partial charge is 0.225 e. The topological polar surface area (TPSA) is 65.0 Å². The van der Waals surface area contributed by atoms with E-state index in [1.165, 1.54) is 5.56 Å². The third-order valence-corrected chi connectivity index (χ3v) is 7.52. The number of morpholine rings is 1. The number of halogens is 1. The molecule has 1 N–H and O–H groups in total. The molecule has 8 heteroatoms. The van der Waals surface area contributed by atoms with Crippen molar-refractivity contribution in [2.24, 2.45) is 0 Å². The number of rotatable bonds is 6. The molecule has 1 aromatic heterocycles. The van der Waals surface area contributed by atoms with E-state index >= 15 is 0 Å². The Balaban J connectivity index is 1.25. The summed E-state index contributed by atoms with van der Waals surface area (Å²) in [6.45, 7) is 6.26. The molecule has 3 fully saturated rings. The van der Waals surface area contributed by atoms with Crippen LogP contribution in [0.1, 0.15) is 24.8 Å². The molecule has 1 unspecified atom stereocenters. The number of nitrogens with zero attached hydrogens (tertiary/aromatic N) is 5. The molecule has 33 heavy (non-hydrogen) atoms. The number of aliphatic hydroxyl groups excluding tert-OH is 1. The van der Waals surface area contributed by atoms with Crippen LogP contribution in [0.25, 0.3) is 0 Å². The van der Waals surface area contributed by atoms with Crippen LogP contribution in [0.4, 0.5) is 5.95 Å². The maximum absolute atomic E-state index is 9.91. The number of anilines is 1. The summed E-state index contributed by atoms with van der Waals surface area (Å²) >= 11 is 6.11. The third-order valence-electron chi connectivity index (χ3n) is 7.27. The molecule has 5 rings (SSSR count). The molecule has 3 atom stereocenters. The van der Waals surface area contributed by atoms with Crippen molar-refractivity contribution < 1.29 is 9.84 Å². The second-order valence-electron chi connectivity index (χ2n) is 9.61. The second-order valence-corrected chi connectivity index (χ2v) is 10.0. The molecule has 0 saturated carbocycles. The number of benzene rings is 1. The number of hydrogen-bond donors (Lipinski definition) is 1. The molecular formula is C25H34ClN5O2. The van der Waals surface area contributed by atoms with Crippen molar-refractivity contribution in [3.05, 3.63) is 53.3 Å². The fourth-order valence-corrected chi connectivity index (χ4v) is 5.65. The summed E-state index contributed by atoms with van der Waals surface area (Å²) in [6.07, 6.45) is 7.68. The number of aliphatic hydroxyl groups is 1. The van der Waals surface area contributed by atoms with E-state index in [1.807, 2.05) is 30.6 Å². The Morgan fingerprint density at radius 3 is 2.45 bits per heavy atom. The minimum atomic E-state index is -0.188. The maximum Gasteiger partial charge on any atom is 0.225 e. The zero-order valence-corrected chi connectivity index (χ0v) is 19.9. The Morgan fingerprint density at radius 1 is 1.00 bits per heavy atom. The summed E-state index contributed by atoms with van der Waals surface area (Å²) in [5.41, 5.74) is 1.30. The molecule has 1 aromatic carbocycles.